The molecule has 0 saturated heterocycles. The maximum atomic E-state index is 6.52. The molecule has 0 spiro atoms. The standard InChI is InChI=1S/C15H17Br2N3O/c1-9-3-2-4-15(18,8-9)14-19-13(21-20-14)10-5-11(16)7-12(17)6-10/h5-7,9H,2-4,8,18H2,1H3. The molecule has 1 heterocycles. The second-order valence-corrected chi connectivity index (χ2v) is 7.77. The van der Waals surface area contributed by atoms with Crippen molar-refractivity contribution in [2.45, 2.75) is 38.1 Å². The molecule has 112 valence electrons. The van der Waals surface area contributed by atoms with E-state index in [1.165, 1.54) is 6.42 Å². The van der Waals surface area contributed by atoms with E-state index in [2.05, 4.69) is 48.9 Å². The zero-order chi connectivity index (χ0) is 15.0. The Bertz CT molecular complexity index is 638. The van der Waals surface area contributed by atoms with Crippen molar-refractivity contribution in [1.82, 2.24) is 10.1 Å². The molecule has 2 atom stereocenters. The van der Waals surface area contributed by atoms with Gasteiger partial charge in [-0.2, -0.15) is 4.98 Å². The fourth-order valence-electron chi connectivity index (χ4n) is 3.02. The van der Waals surface area contributed by atoms with Crippen LogP contribution in [0, 0.1) is 5.92 Å². The third-order valence-corrected chi connectivity index (χ3v) is 4.93. The molecule has 1 saturated carbocycles. The van der Waals surface area contributed by atoms with Crippen LogP contribution in [0.5, 0.6) is 0 Å². The topological polar surface area (TPSA) is 64.9 Å². The Balaban J connectivity index is 1.92. The third-order valence-electron chi connectivity index (χ3n) is 4.01. The zero-order valence-corrected chi connectivity index (χ0v) is 14.9. The number of nitrogens with two attached hydrogens (primary N) is 1. The summed E-state index contributed by atoms with van der Waals surface area (Å²) in [6.07, 6.45) is 4.17. The first-order chi connectivity index (χ1) is 9.96. The Labute approximate surface area is 140 Å². The van der Waals surface area contributed by atoms with Gasteiger partial charge in [0.25, 0.3) is 5.89 Å². The number of hydrogen-bond donors (Lipinski definition) is 1. The smallest absolute Gasteiger partial charge is 0.258 e. The van der Waals surface area contributed by atoms with Gasteiger partial charge >= 0.3 is 0 Å². The summed E-state index contributed by atoms with van der Waals surface area (Å²) in [5.41, 5.74) is 6.94. The molecule has 2 unspecified atom stereocenters. The highest BCUT2D eigenvalue weighted by molar-refractivity contribution is 9.11. The second kappa shape index (κ2) is 5.82. The average molecular weight is 415 g/mol. The summed E-state index contributed by atoms with van der Waals surface area (Å²) < 4.78 is 7.35. The van der Waals surface area contributed by atoms with Gasteiger partial charge in [0.2, 0.25) is 0 Å². The highest BCUT2D eigenvalue weighted by Crippen LogP contribution is 2.37. The molecule has 1 aliphatic carbocycles. The summed E-state index contributed by atoms with van der Waals surface area (Å²) in [4.78, 5) is 4.55. The van der Waals surface area contributed by atoms with E-state index in [1.807, 2.05) is 18.2 Å². The maximum Gasteiger partial charge on any atom is 0.258 e. The SMILES string of the molecule is CC1CCCC(N)(c2noc(-c3cc(Br)cc(Br)c3)n2)C1. The van der Waals surface area contributed by atoms with Crippen molar-refractivity contribution >= 4 is 31.9 Å². The Kier molecular flexibility index (Phi) is 4.21. The van der Waals surface area contributed by atoms with Crippen molar-refractivity contribution in [3.8, 4) is 11.5 Å². The molecule has 0 radical (unpaired) electrons. The Morgan fingerprint density at radius 1 is 1.29 bits per heavy atom. The Hall–Kier alpha value is -0.720. The molecule has 1 fully saturated rings. The van der Waals surface area contributed by atoms with Crippen LogP contribution in [0.2, 0.25) is 0 Å². The summed E-state index contributed by atoms with van der Waals surface area (Å²) in [6.45, 7) is 2.23. The monoisotopic (exact) mass is 413 g/mol. The van der Waals surface area contributed by atoms with Gasteiger partial charge in [0.15, 0.2) is 5.82 Å². The predicted octanol–water partition coefficient (Wildman–Crippen LogP) is 4.63. The molecule has 0 amide bonds. The van der Waals surface area contributed by atoms with Gasteiger partial charge in [0.1, 0.15) is 0 Å². The zero-order valence-electron chi connectivity index (χ0n) is 11.8. The van der Waals surface area contributed by atoms with Crippen LogP contribution >= 0.6 is 31.9 Å². The van der Waals surface area contributed by atoms with E-state index in [4.69, 9.17) is 10.3 Å². The lowest BCUT2D eigenvalue weighted by Gasteiger charge is -2.33. The van der Waals surface area contributed by atoms with Gasteiger partial charge in [-0.3, -0.25) is 0 Å². The van der Waals surface area contributed by atoms with E-state index in [9.17, 15) is 0 Å². The molecular formula is C15H17Br2N3O. The van der Waals surface area contributed by atoms with Gasteiger partial charge in [-0.15, -0.1) is 0 Å². The molecule has 0 aliphatic heterocycles. The van der Waals surface area contributed by atoms with Crippen LogP contribution in [0.25, 0.3) is 11.5 Å². The third kappa shape index (κ3) is 3.22. The van der Waals surface area contributed by atoms with E-state index in [0.717, 1.165) is 33.8 Å². The molecule has 4 nitrogen and oxygen atoms in total. The number of nitrogens with zero attached hydrogens (tertiary/aromatic N) is 2. The van der Waals surface area contributed by atoms with E-state index >= 15 is 0 Å². The molecule has 1 aromatic heterocycles. The van der Waals surface area contributed by atoms with Crippen molar-refractivity contribution in [3.63, 3.8) is 0 Å². The minimum absolute atomic E-state index is 0.456. The average Bonchev–Trinajstić information content (AvgIpc) is 2.87. The first-order valence-electron chi connectivity index (χ1n) is 7.06. The number of benzene rings is 1. The molecule has 1 aliphatic rings. The molecule has 3 rings (SSSR count). The fourth-order valence-corrected chi connectivity index (χ4v) is 4.31. The van der Waals surface area contributed by atoms with Crippen LogP contribution in [0.15, 0.2) is 31.7 Å². The van der Waals surface area contributed by atoms with E-state index in [-0.39, 0.29) is 0 Å². The van der Waals surface area contributed by atoms with Crippen LogP contribution in [-0.2, 0) is 5.54 Å². The number of rotatable bonds is 2. The van der Waals surface area contributed by atoms with Crippen molar-refractivity contribution in [1.29, 1.82) is 0 Å². The number of halogens is 2. The van der Waals surface area contributed by atoms with Crippen LogP contribution < -0.4 is 5.73 Å². The molecular weight excluding hydrogens is 398 g/mol. The van der Waals surface area contributed by atoms with Gasteiger partial charge in [-0.05, 0) is 37.0 Å². The van der Waals surface area contributed by atoms with Crippen molar-refractivity contribution in [2.24, 2.45) is 11.7 Å². The molecule has 21 heavy (non-hydrogen) atoms. The van der Waals surface area contributed by atoms with E-state index in [1.54, 1.807) is 0 Å². The van der Waals surface area contributed by atoms with Gasteiger partial charge in [0.05, 0.1) is 5.54 Å². The maximum absolute atomic E-state index is 6.52. The lowest BCUT2D eigenvalue weighted by molar-refractivity contribution is 0.222. The van der Waals surface area contributed by atoms with Crippen LogP contribution in [-0.4, -0.2) is 10.1 Å². The highest BCUT2D eigenvalue weighted by atomic mass is 79.9. The normalized spacial score (nSPS) is 26.0. The number of aromatic nitrogens is 2. The summed E-state index contributed by atoms with van der Waals surface area (Å²) in [7, 11) is 0. The fraction of sp³-hybridized carbons (Fsp3) is 0.467. The Morgan fingerprint density at radius 3 is 2.67 bits per heavy atom. The molecule has 2 N–H and O–H groups in total. The lowest BCUT2D eigenvalue weighted by atomic mass is 9.76. The van der Waals surface area contributed by atoms with Crippen molar-refractivity contribution in [2.75, 3.05) is 0 Å². The van der Waals surface area contributed by atoms with Crippen LogP contribution in [0.1, 0.15) is 38.4 Å². The summed E-state index contributed by atoms with van der Waals surface area (Å²) >= 11 is 6.94. The summed E-state index contributed by atoms with van der Waals surface area (Å²) in [6, 6.07) is 5.87. The summed E-state index contributed by atoms with van der Waals surface area (Å²) in [5, 5.41) is 4.14. The van der Waals surface area contributed by atoms with Crippen molar-refractivity contribution in [3.05, 3.63) is 33.0 Å². The first-order valence-corrected chi connectivity index (χ1v) is 8.64. The number of hydrogen-bond acceptors (Lipinski definition) is 4. The minimum Gasteiger partial charge on any atom is -0.334 e. The minimum atomic E-state index is -0.456. The largest absolute Gasteiger partial charge is 0.334 e. The predicted molar refractivity (Wildman–Crippen MR) is 88.6 cm³/mol. The van der Waals surface area contributed by atoms with Gasteiger partial charge in [-0.25, -0.2) is 0 Å². The van der Waals surface area contributed by atoms with E-state index in [0.29, 0.717) is 17.6 Å². The van der Waals surface area contributed by atoms with Crippen LogP contribution in [0.4, 0.5) is 0 Å². The second-order valence-electron chi connectivity index (χ2n) is 5.94. The van der Waals surface area contributed by atoms with Crippen molar-refractivity contribution < 1.29 is 4.52 Å². The van der Waals surface area contributed by atoms with Gasteiger partial charge in [0, 0.05) is 14.5 Å². The van der Waals surface area contributed by atoms with Crippen LogP contribution in [0.3, 0.4) is 0 Å². The van der Waals surface area contributed by atoms with Gasteiger partial charge < -0.3 is 10.3 Å². The summed E-state index contributed by atoms with van der Waals surface area (Å²) in [5.74, 6) is 1.74. The molecule has 1 aromatic carbocycles. The first kappa shape index (κ1) is 15.2. The molecule has 0 bridgehead atoms. The lowest BCUT2D eigenvalue weighted by Crippen LogP contribution is -2.42. The molecule has 2 aromatic rings. The quantitative estimate of drug-likeness (QED) is 0.778. The van der Waals surface area contributed by atoms with Gasteiger partial charge in [-0.1, -0.05) is 56.8 Å². The highest BCUT2D eigenvalue weighted by Gasteiger charge is 2.37. The Morgan fingerprint density at radius 2 is 2.00 bits per heavy atom. The molecule has 6 heteroatoms. The van der Waals surface area contributed by atoms with E-state index < -0.39 is 5.54 Å².